The second-order valence-corrected chi connectivity index (χ2v) is 9.06. The van der Waals surface area contributed by atoms with E-state index < -0.39 is 29.6 Å². The monoisotopic (exact) mass is 390 g/mol. The second kappa shape index (κ2) is 7.05. The van der Waals surface area contributed by atoms with Gasteiger partial charge in [-0.1, -0.05) is 26.0 Å². The Balaban J connectivity index is 2.06. The van der Waals surface area contributed by atoms with E-state index in [9.17, 15) is 14.4 Å². The molecule has 0 unspecified atom stereocenters. The van der Waals surface area contributed by atoms with Crippen LogP contribution >= 0.6 is 0 Å². The first-order valence-corrected chi connectivity index (χ1v) is 9.90. The van der Waals surface area contributed by atoms with Gasteiger partial charge in [0, 0.05) is 18.9 Å². The fourth-order valence-electron chi connectivity index (χ4n) is 5.49. The lowest BCUT2D eigenvalue weighted by Crippen LogP contribution is -2.50. The molecular weight excluding hydrogens is 360 g/mol. The Morgan fingerprint density at radius 3 is 2.43 bits per heavy atom. The molecule has 3 fully saturated rings. The first-order chi connectivity index (χ1) is 13.0. The van der Waals surface area contributed by atoms with E-state index in [0.29, 0.717) is 18.4 Å². The summed E-state index contributed by atoms with van der Waals surface area (Å²) in [6.45, 7) is 13.5. The number of rotatable bonds is 3. The second-order valence-electron chi connectivity index (χ2n) is 9.06. The molecule has 2 saturated carbocycles. The summed E-state index contributed by atoms with van der Waals surface area (Å²) in [6.07, 6.45) is 2.30. The third-order valence-corrected chi connectivity index (χ3v) is 6.98. The summed E-state index contributed by atoms with van der Waals surface area (Å²) in [5.41, 5.74) is 0.0795. The fraction of sp³-hybridized carbons (Fsp3) is 0.682. The van der Waals surface area contributed by atoms with E-state index in [2.05, 4.69) is 20.4 Å². The molecule has 1 aliphatic heterocycles. The maximum Gasteiger partial charge on any atom is 0.330 e. The molecule has 3 aliphatic rings. The van der Waals surface area contributed by atoms with Crippen LogP contribution < -0.4 is 0 Å². The Hall–Kier alpha value is -2.11. The number of carbonyl (C=O) groups is 3. The van der Waals surface area contributed by atoms with Crippen molar-refractivity contribution in [2.24, 2.45) is 22.7 Å². The average molecular weight is 390 g/mol. The van der Waals surface area contributed by atoms with Crippen LogP contribution in [-0.4, -0.2) is 36.7 Å². The molecule has 2 aliphatic carbocycles. The van der Waals surface area contributed by atoms with Crippen molar-refractivity contribution in [1.29, 1.82) is 0 Å². The van der Waals surface area contributed by atoms with Crippen molar-refractivity contribution in [3.63, 3.8) is 0 Å². The smallest absolute Gasteiger partial charge is 0.330 e. The maximum atomic E-state index is 12.9. The highest BCUT2D eigenvalue weighted by atomic mass is 16.6. The Morgan fingerprint density at radius 1 is 1.21 bits per heavy atom. The van der Waals surface area contributed by atoms with Crippen LogP contribution in [0.2, 0.25) is 0 Å². The molecule has 0 amide bonds. The lowest BCUT2D eigenvalue weighted by molar-refractivity contribution is -0.172. The van der Waals surface area contributed by atoms with Crippen LogP contribution in [0.15, 0.2) is 23.8 Å². The Morgan fingerprint density at radius 2 is 1.89 bits per heavy atom. The Kier molecular flexibility index (Phi) is 5.19. The van der Waals surface area contributed by atoms with Crippen molar-refractivity contribution >= 4 is 17.9 Å². The number of fused-ring (bicyclic) bond motifs is 1. The molecule has 3 rings (SSSR count). The van der Waals surface area contributed by atoms with Crippen LogP contribution in [0.4, 0.5) is 0 Å². The van der Waals surface area contributed by atoms with Gasteiger partial charge in [0.1, 0.15) is 24.2 Å². The van der Waals surface area contributed by atoms with Gasteiger partial charge < -0.3 is 14.2 Å². The number of hydrogen-bond acceptors (Lipinski definition) is 6. The van der Waals surface area contributed by atoms with E-state index in [4.69, 9.17) is 14.2 Å². The standard InChI is InChI=1S/C22H30O6/c1-12(2)9-17(24)28-16-8-7-13(3)21(6)11-22(14(4)10-26-20(22)25)19(18(16)21)27-15(5)23/h9,13,16,18-19H,4,7-8,10-11H2,1-3,5-6H3/t13-,16-,18+,19+,21+,22+/m0/s1. The van der Waals surface area contributed by atoms with Gasteiger partial charge in [0.25, 0.3) is 0 Å². The minimum Gasteiger partial charge on any atom is -0.461 e. The van der Waals surface area contributed by atoms with Crippen molar-refractivity contribution in [2.75, 3.05) is 6.61 Å². The van der Waals surface area contributed by atoms with Gasteiger partial charge in [-0.25, -0.2) is 4.79 Å². The van der Waals surface area contributed by atoms with Crippen molar-refractivity contribution in [1.82, 2.24) is 0 Å². The number of allylic oxidation sites excluding steroid dienone is 1. The lowest BCUT2D eigenvalue weighted by Gasteiger charge is -2.46. The van der Waals surface area contributed by atoms with Crippen LogP contribution in [0.5, 0.6) is 0 Å². The summed E-state index contributed by atoms with van der Waals surface area (Å²) in [4.78, 5) is 37.2. The van der Waals surface area contributed by atoms with Crippen molar-refractivity contribution in [3.8, 4) is 0 Å². The highest BCUT2D eigenvalue weighted by Crippen LogP contribution is 2.66. The molecule has 0 N–H and O–H groups in total. The van der Waals surface area contributed by atoms with E-state index >= 15 is 0 Å². The molecule has 6 atom stereocenters. The molecule has 6 heteroatoms. The summed E-state index contributed by atoms with van der Waals surface area (Å²) < 4.78 is 16.9. The molecule has 0 aromatic carbocycles. The number of esters is 3. The molecule has 0 aromatic heterocycles. The largest absolute Gasteiger partial charge is 0.461 e. The minimum absolute atomic E-state index is 0.135. The van der Waals surface area contributed by atoms with Crippen LogP contribution in [-0.2, 0) is 28.6 Å². The first-order valence-electron chi connectivity index (χ1n) is 9.90. The summed E-state index contributed by atoms with van der Waals surface area (Å²) in [5, 5.41) is 0. The zero-order valence-electron chi connectivity index (χ0n) is 17.4. The summed E-state index contributed by atoms with van der Waals surface area (Å²) >= 11 is 0. The lowest BCUT2D eigenvalue weighted by atomic mass is 9.61. The zero-order chi connectivity index (χ0) is 20.9. The zero-order valence-corrected chi connectivity index (χ0v) is 17.4. The normalized spacial score (nSPS) is 39.3. The molecule has 1 spiro atoms. The molecule has 0 bridgehead atoms. The van der Waals surface area contributed by atoms with Gasteiger partial charge in [-0.2, -0.15) is 0 Å². The molecule has 28 heavy (non-hydrogen) atoms. The molecule has 1 heterocycles. The number of carbonyl (C=O) groups excluding carboxylic acids is 3. The SMILES string of the molecule is C=C1COC(=O)[C@]12C[C@@]1(C)[C@H]([C@@H](OC(=O)C=C(C)C)CC[C@@H]1C)[C@H]2OC(C)=O. The van der Waals surface area contributed by atoms with E-state index in [1.807, 2.05) is 13.8 Å². The summed E-state index contributed by atoms with van der Waals surface area (Å²) in [5.74, 6) is -1.28. The molecular formula is C22H30O6. The van der Waals surface area contributed by atoms with E-state index in [-0.39, 0.29) is 29.8 Å². The molecule has 154 valence electrons. The molecule has 0 radical (unpaired) electrons. The first kappa shape index (κ1) is 20.6. The summed E-state index contributed by atoms with van der Waals surface area (Å²) in [6, 6.07) is 0. The number of hydrogen-bond donors (Lipinski definition) is 0. The minimum atomic E-state index is -1.06. The van der Waals surface area contributed by atoms with Crippen molar-refractivity contribution in [2.45, 2.75) is 66.1 Å². The number of cyclic esters (lactones) is 1. The van der Waals surface area contributed by atoms with E-state index in [1.165, 1.54) is 13.0 Å². The van der Waals surface area contributed by atoms with Gasteiger partial charge in [0.05, 0.1) is 0 Å². The van der Waals surface area contributed by atoms with Gasteiger partial charge in [-0.05, 0) is 50.0 Å². The maximum absolute atomic E-state index is 12.9. The van der Waals surface area contributed by atoms with Crippen molar-refractivity contribution in [3.05, 3.63) is 23.8 Å². The Labute approximate surface area is 166 Å². The van der Waals surface area contributed by atoms with E-state index in [0.717, 1.165) is 12.0 Å². The van der Waals surface area contributed by atoms with Crippen molar-refractivity contribution < 1.29 is 28.6 Å². The predicted octanol–water partition coefficient (Wildman–Crippen LogP) is 3.35. The van der Waals surface area contributed by atoms with E-state index in [1.54, 1.807) is 0 Å². The number of ether oxygens (including phenoxy) is 3. The molecule has 1 saturated heterocycles. The van der Waals surface area contributed by atoms with Gasteiger partial charge in [-0.3, -0.25) is 9.59 Å². The van der Waals surface area contributed by atoms with Crippen LogP contribution in [0.25, 0.3) is 0 Å². The molecule has 6 nitrogen and oxygen atoms in total. The third kappa shape index (κ3) is 3.07. The van der Waals surface area contributed by atoms with Crippen LogP contribution in [0.3, 0.4) is 0 Å². The topological polar surface area (TPSA) is 78.9 Å². The Bertz CT molecular complexity index is 730. The van der Waals surface area contributed by atoms with Gasteiger partial charge in [0.2, 0.25) is 0 Å². The van der Waals surface area contributed by atoms with Crippen LogP contribution in [0.1, 0.15) is 53.9 Å². The third-order valence-electron chi connectivity index (χ3n) is 6.98. The highest BCUT2D eigenvalue weighted by Gasteiger charge is 2.71. The fourth-order valence-corrected chi connectivity index (χ4v) is 5.49. The summed E-state index contributed by atoms with van der Waals surface area (Å²) in [7, 11) is 0. The van der Waals surface area contributed by atoms with Gasteiger partial charge in [-0.15, -0.1) is 0 Å². The highest BCUT2D eigenvalue weighted by molar-refractivity contribution is 5.86. The quantitative estimate of drug-likeness (QED) is 0.318. The average Bonchev–Trinajstić information content (AvgIpc) is 3.00. The van der Waals surface area contributed by atoms with Crippen LogP contribution in [0, 0.1) is 22.7 Å². The predicted molar refractivity (Wildman–Crippen MR) is 102 cm³/mol. The van der Waals surface area contributed by atoms with Gasteiger partial charge in [0.15, 0.2) is 0 Å². The molecule has 0 aromatic rings. The van der Waals surface area contributed by atoms with Gasteiger partial charge >= 0.3 is 17.9 Å².